The average molecular weight is 218 g/mol. The lowest BCUT2D eigenvalue weighted by molar-refractivity contribution is -0.123. The van der Waals surface area contributed by atoms with E-state index in [0.717, 1.165) is 18.4 Å². The zero-order chi connectivity index (χ0) is 11.8. The zero-order valence-electron chi connectivity index (χ0n) is 9.79. The van der Waals surface area contributed by atoms with E-state index in [4.69, 9.17) is 5.73 Å². The lowest BCUT2D eigenvalue weighted by Crippen LogP contribution is -2.43. The van der Waals surface area contributed by atoms with Crippen molar-refractivity contribution >= 4 is 5.91 Å². The molecule has 3 N–H and O–H groups in total. The van der Waals surface area contributed by atoms with Crippen molar-refractivity contribution in [2.75, 3.05) is 0 Å². The second-order valence-corrected chi connectivity index (χ2v) is 4.77. The highest BCUT2D eigenvalue weighted by Crippen LogP contribution is 2.32. The minimum Gasteiger partial charge on any atom is -0.348 e. The quantitative estimate of drug-likeness (QED) is 0.810. The van der Waals surface area contributed by atoms with Crippen LogP contribution in [0.25, 0.3) is 0 Å². The van der Waals surface area contributed by atoms with Gasteiger partial charge in [-0.2, -0.15) is 0 Å². The first-order chi connectivity index (χ1) is 7.51. The van der Waals surface area contributed by atoms with Gasteiger partial charge < -0.3 is 11.1 Å². The van der Waals surface area contributed by atoms with Crippen molar-refractivity contribution in [1.29, 1.82) is 0 Å². The van der Waals surface area contributed by atoms with Gasteiger partial charge in [-0.1, -0.05) is 29.8 Å². The molecule has 3 heteroatoms. The summed E-state index contributed by atoms with van der Waals surface area (Å²) >= 11 is 0. The van der Waals surface area contributed by atoms with Gasteiger partial charge in [-0.05, 0) is 32.3 Å². The molecular weight excluding hydrogens is 200 g/mol. The fourth-order valence-electron chi connectivity index (χ4n) is 1.72. The van der Waals surface area contributed by atoms with Gasteiger partial charge in [-0.3, -0.25) is 4.79 Å². The number of carbonyl (C=O) groups excluding carboxylic acids is 1. The molecule has 3 nitrogen and oxygen atoms in total. The molecular formula is C13H18N2O. The fraction of sp³-hybridized carbons (Fsp3) is 0.462. The number of nitrogens with one attached hydrogen (secondary N) is 1. The molecule has 1 saturated carbocycles. The molecule has 0 aliphatic heterocycles. The van der Waals surface area contributed by atoms with Crippen molar-refractivity contribution in [2.24, 2.45) is 5.73 Å². The molecule has 1 amide bonds. The SMILES string of the molecule is Cc1cccc([C@@H](C)NC(=O)C2(N)CC2)c1. The van der Waals surface area contributed by atoms with E-state index in [2.05, 4.69) is 11.4 Å². The minimum absolute atomic E-state index is 0.0217. The Labute approximate surface area is 96.0 Å². The standard InChI is InChI=1S/C13H18N2O/c1-9-4-3-5-11(8-9)10(2)15-12(16)13(14)6-7-13/h3-5,8,10H,6-7,14H2,1-2H3,(H,15,16)/t10-/m1/s1. The molecule has 1 aliphatic carbocycles. The van der Waals surface area contributed by atoms with Crippen LogP contribution >= 0.6 is 0 Å². The van der Waals surface area contributed by atoms with Crippen LogP contribution in [0.3, 0.4) is 0 Å². The first-order valence-corrected chi connectivity index (χ1v) is 5.68. The summed E-state index contributed by atoms with van der Waals surface area (Å²) in [6.07, 6.45) is 1.61. The molecule has 0 unspecified atom stereocenters. The Hall–Kier alpha value is -1.35. The fourth-order valence-corrected chi connectivity index (χ4v) is 1.72. The normalized spacial score (nSPS) is 18.9. The number of amides is 1. The van der Waals surface area contributed by atoms with Crippen LogP contribution in [0, 0.1) is 6.92 Å². The van der Waals surface area contributed by atoms with Gasteiger partial charge >= 0.3 is 0 Å². The van der Waals surface area contributed by atoms with Crippen LogP contribution in [0.2, 0.25) is 0 Å². The van der Waals surface area contributed by atoms with E-state index in [9.17, 15) is 4.79 Å². The molecule has 1 atom stereocenters. The Kier molecular flexibility index (Phi) is 2.72. The van der Waals surface area contributed by atoms with E-state index in [1.54, 1.807) is 0 Å². The maximum atomic E-state index is 11.8. The molecule has 1 aromatic rings. The summed E-state index contributed by atoms with van der Waals surface area (Å²) in [7, 11) is 0. The van der Waals surface area contributed by atoms with E-state index in [1.807, 2.05) is 32.0 Å². The summed E-state index contributed by atoms with van der Waals surface area (Å²) in [5, 5.41) is 2.96. The first kappa shape index (κ1) is 11.1. The van der Waals surface area contributed by atoms with Gasteiger partial charge in [0.05, 0.1) is 11.6 Å². The van der Waals surface area contributed by atoms with Gasteiger partial charge in [0.1, 0.15) is 0 Å². The Balaban J connectivity index is 2.03. The number of hydrogen-bond donors (Lipinski definition) is 2. The highest BCUT2D eigenvalue weighted by molar-refractivity contribution is 5.89. The van der Waals surface area contributed by atoms with Crippen molar-refractivity contribution in [3.05, 3.63) is 35.4 Å². The highest BCUT2D eigenvalue weighted by atomic mass is 16.2. The lowest BCUT2D eigenvalue weighted by Gasteiger charge is -2.17. The number of rotatable bonds is 3. The number of benzene rings is 1. The number of nitrogens with two attached hydrogens (primary N) is 1. The molecule has 1 aromatic carbocycles. The van der Waals surface area contributed by atoms with Gasteiger partial charge in [0, 0.05) is 0 Å². The molecule has 0 spiro atoms. The Morgan fingerprint density at radius 2 is 2.19 bits per heavy atom. The molecule has 16 heavy (non-hydrogen) atoms. The van der Waals surface area contributed by atoms with Crippen LogP contribution in [0.4, 0.5) is 0 Å². The second kappa shape index (κ2) is 3.91. The maximum absolute atomic E-state index is 11.8. The Bertz CT molecular complexity index is 410. The topological polar surface area (TPSA) is 55.1 Å². The van der Waals surface area contributed by atoms with Crippen molar-refractivity contribution in [1.82, 2.24) is 5.32 Å². The second-order valence-electron chi connectivity index (χ2n) is 4.77. The third kappa shape index (κ3) is 2.25. The van der Waals surface area contributed by atoms with E-state index >= 15 is 0 Å². The molecule has 0 heterocycles. The summed E-state index contributed by atoms with van der Waals surface area (Å²) in [6.45, 7) is 4.03. The van der Waals surface area contributed by atoms with Gasteiger partial charge in [0.2, 0.25) is 5.91 Å². The monoisotopic (exact) mass is 218 g/mol. The van der Waals surface area contributed by atoms with Gasteiger partial charge in [-0.25, -0.2) is 0 Å². The van der Waals surface area contributed by atoms with Gasteiger partial charge in [0.25, 0.3) is 0 Å². The molecule has 0 saturated heterocycles. The van der Waals surface area contributed by atoms with Crippen LogP contribution in [0.5, 0.6) is 0 Å². The van der Waals surface area contributed by atoms with E-state index in [0.29, 0.717) is 0 Å². The van der Waals surface area contributed by atoms with Gasteiger partial charge in [0.15, 0.2) is 0 Å². The van der Waals surface area contributed by atoms with Crippen LogP contribution in [-0.4, -0.2) is 11.4 Å². The summed E-state index contributed by atoms with van der Waals surface area (Å²) in [4.78, 5) is 11.8. The van der Waals surface area contributed by atoms with E-state index < -0.39 is 5.54 Å². The Morgan fingerprint density at radius 1 is 1.50 bits per heavy atom. The molecule has 86 valence electrons. The highest BCUT2D eigenvalue weighted by Gasteiger charge is 2.46. The molecule has 0 bridgehead atoms. The molecule has 2 rings (SSSR count). The van der Waals surface area contributed by atoms with Crippen LogP contribution in [-0.2, 0) is 4.79 Å². The predicted octanol–water partition coefficient (Wildman–Crippen LogP) is 1.66. The third-order valence-electron chi connectivity index (χ3n) is 3.13. The third-order valence-corrected chi connectivity index (χ3v) is 3.13. The zero-order valence-corrected chi connectivity index (χ0v) is 9.79. The summed E-state index contributed by atoms with van der Waals surface area (Å²) in [5.74, 6) is -0.0264. The smallest absolute Gasteiger partial charge is 0.240 e. The predicted molar refractivity (Wildman–Crippen MR) is 63.9 cm³/mol. The summed E-state index contributed by atoms with van der Waals surface area (Å²) in [5.41, 5.74) is 7.57. The van der Waals surface area contributed by atoms with Crippen LogP contribution < -0.4 is 11.1 Å². The van der Waals surface area contributed by atoms with Gasteiger partial charge in [-0.15, -0.1) is 0 Å². The molecule has 1 aliphatic rings. The summed E-state index contributed by atoms with van der Waals surface area (Å²) in [6, 6.07) is 8.18. The first-order valence-electron chi connectivity index (χ1n) is 5.68. The molecule has 1 fully saturated rings. The van der Waals surface area contributed by atoms with Crippen LogP contribution in [0.1, 0.15) is 36.9 Å². The van der Waals surface area contributed by atoms with Crippen molar-refractivity contribution in [3.63, 3.8) is 0 Å². The minimum atomic E-state index is -0.585. The largest absolute Gasteiger partial charge is 0.348 e. The molecule has 0 radical (unpaired) electrons. The average Bonchev–Trinajstić information content (AvgIpc) is 2.98. The van der Waals surface area contributed by atoms with Crippen LogP contribution in [0.15, 0.2) is 24.3 Å². The van der Waals surface area contributed by atoms with Crippen molar-refractivity contribution in [2.45, 2.75) is 38.3 Å². The number of aryl methyl sites for hydroxylation is 1. The lowest BCUT2D eigenvalue weighted by atomic mass is 10.1. The number of carbonyl (C=O) groups is 1. The maximum Gasteiger partial charge on any atom is 0.240 e. The summed E-state index contributed by atoms with van der Waals surface area (Å²) < 4.78 is 0. The van der Waals surface area contributed by atoms with Crippen molar-refractivity contribution < 1.29 is 4.79 Å². The van der Waals surface area contributed by atoms with E-state index in [-0.39, 0.29) is 11.9 Å². The number of hydrogen-bond acceptors (Lipinski definition) is 2. The van der Waals surface area contributed by atoms with Crippen molar-refractivity contribution in [3.8, 4) is 0 Å². The molecule has 0 aromatic heterocycles. The van der Waals surface area contributed by atoms with E-state index in [1.165, 1.54) is 5.56 Å². The Morgan fingerprint density at radius 3 is 2.75 bits per heavy atom.